The van der Waals surface area contributed by atoms with Crippen molar-refractivity contribution in [3.63, 3.8) is 0 Å². The summed E-state index contributed by atoms with van der Waals surface area (Å²) in [6.07, 6.45) is 1.94. The Bertz CT molecular complexity index is 1010. The SMILES string of the molecule is CC(=O)n1cc(C(=O)NCCc2ccc(Cl)cc2Cl)c2cc(F)ccc21. The Labute approximate surface area is 159 Å². The van der Waals surface area contributed by atoms with E-state index in [0.717, 1.165) is 5.56 Å². The number of fused-ring (bicyclic) bond motifs is 1. The molecule has 0 spiro atoms. The van der Waals surface area contributed by atoms with Crippen LogP contribution in [0.2, 0.25) is 10.0 Å². The number of halogens is 3. The highest BCUT2D eigenvalue weighted by molar-refractivity contribution is 6.35. The van der Waals surface area contributed by atoms with Gasteiger partial charge in [0, 0.05) is 35.1 Å². The zero-order chi connectivity index (χ0) is 18.8. The maximum Gasteiger partial charge on any atom is 0.253 e. The summed E-state index contributed by atoms with van der Waals surface area (Å²) in [6, 6.07) is 9.16. The van der Waals surface area contributed by atoms with Gasteiger partial charge in [-0.15, -0.1) is 0 Å². The van der Waals surface area contributed by atoms with Gasteiger partial charge in [0.05, 0.1) is 11.1 Å². The molecule has 3 rings (SSSR count). The predicted molar refractivity (Wildman–Crippen MR) is 101 cm³/mol. The molecule has 0 saturated heterocycles. The molecule has 0 bridgehead atoms. The number of benzene rings is 2. The van der Waals surface area contributed by atoms with E-state index >= 15 is 0 Å². The molecule has 0 aliphatic carbocycles. The molecule has 1 aromatic heterocycles. The molecule has 0 radical (unpaired) electrons. The number of amides is 1. The van der Waals surface area contributed by atoms with E-state index in [1.54, 1.807) is 18.2 Å². The monoisotopic (exact) mass is 392 g/mol. The van der Waals surface area contributed by atoms with Crippen LogP contribution in [-0.4, -0.2) is 22.9 Å². The number of carbonyl (C=O) groups excluding carboxylic acids is 2. The van der Waals surface area contributed by atoms with E-state index in [1.165, 1.54) is 35.9 Å². The minimum Gasteiger partial charge on any atom is -0.352 e. The van der Waals surface area contributed by atoms with Gasteiger partial charge in [-0.25, -0.2) is 4.39 Å². The van der Waals surface area contributed by atoms with E-state index < -0.39 is 5.82 Å². The largest absolute Gasteiger partial charge is 0.352 e. The summed E-state index contributed by atoms with van der Waals surface area (Å²) >= 11 is 12.0. The predicted octanol–water partition coefficient (Wildman–Crippen LogP) is 4.72. The van der Waals surface area contributed by atoms with Crippen LogP contribution in [0.5, 0.6) is 0 Å². The summed E-state index contributed by atoms with van der Waals surface area (Å²) in [5.41, 5.74) is 1.59. The van der Waals surface area contributed by atoms with E-state index in [0.29, 0.717) is 33.9 Å². The van der Waals surface area contributed by atoms with Crippen molar-refractivity contribution in [2.24, 2.45) is 0 Å². The van der Waals surface area contributed by atoms with Gasteiger partial charge >= 0.3 is 0 Å². The van der Waals surface area contributed by atoms with Crippen molar-refractivity contribution in [3.05, 3.63) is 69.6 Å². The smallest absolute Gasteiger partial charge is 0.253 e. The third-order valence-corrected chi connectivity index (χ3v) is 4.63. The van der Waals surface area contributed by atoms with Crippen LogP contribution in [0.15, 0.2) is 42.6 Å². The first-order valence-electron chi connectivity index (χ1n) is 7.90. The molecule has 1 heterocycles. The van der Waals surface area contributed by atoms with E-state index in [2.05, 4.69) is 5.32 Å². The number of hydrogen-bond acceptors (Lipinski definition) is 2. The van der Waals surface area contributed by atoms with Crippen LogP contribution in [0.1, 0.15) is 27.6 Å². The fourth-order valence-corrected chi connectivity index (χ4v) is 3.28. The standard InChI is InChI=1S/C19H15Cl2FN2O2/c1-11(25)24-10-16(15-9-14(22)4-5-18(15)24)19(26)23-7-6-12-2-3-13(20)8-17(12)21/h2-5,8-10H,6-7H2,1H3,(H,23,26). The fourth-order valence-electron chi connectivity index (χ4n) is 2.77. The molecule has 0 aliphatic rings. The van der Waals surface area contributed by atoms with Crippen molar-refractivity contribution >= 4 is 45.9 Å². The molecule has 0 unspecified atom stereocenters. The second-order valence-corrected chi connectivity index (χ2v) is 6.68. The Morgan fingerprint density at radius 3 is 2.62 bits per heavy atom. The Hall–Kier alpha value is -2.37. The first kappa shape index (κ1) is 18.4. The molecule has 4 nitrogen and oxygen atoms in total. The van der Waals surface area contributed by atoms with Crippen molar-refractivity contribution in [1.82, 2.24) is 9.88 Å². The van der Waals surface area contributed by atoms with Crippen LogP contribution in [0.4, 0.5) is 4.39 Å². The number of carbonyl (C=O) groups is 2. The lowest BCUT2D eigenvalue weighted by Crippen LogP contribution is -2.25. The number of nitrogens with one attached hydrogen (secondary N) is 1. The van der Waals surface area contributed by atoms with Gasteiger partial charge in [-0.1, -0.05) is 29.3 Å². The molecule has 26 heavy (non-hydrogen) atoms. The molecule has 1 N–H and O–H groups in total. The zero-order valence-corrected chi connectivity index (χ0v) is 15.4. The van der Waals surface area contributed by atoms with E-state index in [-0.39, 0.29) is 17.4 Å². The molecular weight excluding hydrogens is 378 g/mol. The van der Waals surface area contributed by atoms with Crippen molar-refractivity contribution in [3.8, 4) is 0 Å². The van der Waals surface area contributed by atoms with Gasteiger partial charge in [0.1, 0.15) is 5.82 Å². The highest BCUT2D eigenvalue weighted by Gasteiger charge is 2.17. The molecule has 2 aromatic carbocycles. The lowest BCUT2D eigenvalue weighted by Gasteiger charge is -2.07. The summed E-state index contributed by atoms with van der Waals surface area (Å²) in [7, 11) is 0. The van der Waals surface area contributed by atoms with Crippen molar-refractivity contribution in [1.29, 1.82) is 0 Å². The molecule has 7 heteroatoms. The summed E-state index contributed by atoms with van der Waals surface area (Å²) in [6.45, 7) is 1.72. The Morgan fingerprint density at radius 2 is 1.92 bits per heavy atom. The van der Waals surface area contributed by atoms with Crippen LogP contribution in [-0.2, 0) is 6.42 Å². The van der Waals surface area contributed by atoms with Gasteiger partial charge < -0.3 is 5.32 Å². The Kier molecular flexibility index (Phi) is 5.30. The Balaban J connectivity index is 1.79. The van der Waals surface area contributed by atoms with Crippen molar-refractivity contribution in [2.45, 2.75) is 13.3 Å². The first-order valence-corrected chi connectivity index (χ1v) is 8.66. The molecular formula is C19H15Cl2FN2O2. The number of rotatable bonds is 4. The maximum absolute atomic E-state index is 13.6. The highest BCUT2D eigenvalue weighted by atomic mass is 35.5. The summed E-state index contributed by atoms with van der Waals surface area (Å²) in [5.74, 6) is -1.11. The maximum atomic E-state index is 13.6. The van der Waals surface area contributed by atoms with Crippen LogP contribution >= 0.6 is 23.2 Å². The quantitative estimate of drug-likeness (QED) is 0.698. The van der Waals surface area contributed by atoms with Gasteiger partial charge in [0.2, 0.25) is 5.91 Å². The average Bonchev–Trinajstić information content (AvgIpc) is 2.95. The molecule has 0 atom stereocenters. The van der Waals surface area contributed by atoms with Crippen LogP contribution in [0.3, 0.4) is 0 Å². The van der Waals surface area contributed by atoms with Crippen LogP contribution in [0.25, 0.3) is 10.9 Å². The topological polar surface area (TPSA) is 51.1 Å². The van der Waals surface area contributed by atoms with E-state index in [9.17, 15) is 14.0 Å². The van der Waals surface area contributed by atoms with Gasteiger partial charge in [-0.3, -0.25) is 14.2 Å². The first-order chi connectivity index (χ1) is 12.4. The molecule has 0 saturated carbocycles. The number of hydrogen-bond donors (Lipinski definition) is 1. The molecule has 134 valence electrons. The minimum atomic E-state index is -0.471. The lowest BCUT2D eigenvalue weighted by atomic mass is 10.1. The second kappa shape index (κ2) is 7.48. The summed E-state index contributed by atoms with van der Waals surface area (Å²) in [5, 5.41) is 4.24. The molecule has 0 aliphatic heterocycles. The van der Waals surface area contributed by atoms with E-state index in [4.69, 9.17) is 23.2 Å². The normalized spacial score (nSPS) is 10.9. The van der Waals surface area contributed by atoms with Crippen LogP contribution in [0, 0.1) is 5.82 Å². The van der Waals surface area contributed by atoms with E-state index in [1.807, 2.05) is 0 Å². The summed E-state index contributed by atoms with van der Waals surface area (Å²) < 4.78 is 14.9. The van der Waals surface area contributed by atoms with Crippen molar-refractivity contribution < 1.29 is 14.0 Å². The van der Waals surface area contributed by atoms with Gasteiger partial charge in [0.15, 0.2) is 0 Å². The minimum absolute atomic E-state index is 0.247. The van der Waals surface area contributed by atoms with Crippen LogP contribution < -0.4 is 5.32 Å². The lowest BCUT2D eigenvalue weighted by molar-refractivity contribution is 0.0941. The van der Waals surface area contributed by atoms with Crippen molar-refractivity contribution in [2.75, 3.05) is 6.54 Å². The van der Waals surface area contributed by atoms with Gasteiger partial charge in [-0.05, 0) is 42.3 Å². The van der Waals surface area contributed by atoms with Gasteiger partial charge in [-0.2, -0.15) is 0 Å². The third-order valence-electron chi connectivity index (χ3n) is 4.05. The highest BCUT2D eigenvalue weighted by Crippen LogP contribution is 2.23. The molecule has 3 aromatic rings. The molecule has 0 fully saturated rings. The number of nitrogens with zero attached hydrogens (tertiary/aromatic N) is 1. The third kappa shape index (κ3) is 3.74. The Morgan fingerprint density at radius 1 is 1.15 bits per heavy atom. The average molecular weight is 393 g/mol. The molecule has 1 amide bonds. The zero-order valence-electron chi connectivity index (χ0n) is 13.9. The number of aromatic nitrogens is 1. The second-order valence-electron chi connectivity index (χ2n) is 5.83. The summed E-state index contributed by atoms with van der Waals surface area (Å²) in [4.78, 5) is 24.3. The van der Waals surface area contributed by atoms with Gasteiger partial charge in [0.25, 0.3) is 5.91 Å². The fraction of sp³-hybridized carbons (Fsp3) is 0.158.